The van der Waals surface area contributed by atoms with Gasteiger partial charge in [0.1, 0.15) is 11.5 Å². The van der Waals surface area contributed by atoms with Crippen molar-refractivity contribution in [1.29, 1.82) is 0 Å². The first-order chi connectivity index (χ1) is 14.6. The largest absolute Gasteiger partial charge is 0.484 e. The Morgan fingerprint density at radius 3 is 2.43 bits per heavy atom. The van der Waals surface area contributed by atoms with Crippen LogP contribution in [0.2, 0.25) is 0 Å². The SMILES string of the molecule is CC(=O)CCc1ccc(OCC(=O)Nc2ccc(SCc3cccnc3)cc2)cc1. The van der Waals surface area contributed by atoms with E-state index in [9.17, 15) is 9.59 Å². The van der Waals surface area contributed by atoms with Gasteiger partial charge in [0.15, 0.2) is 6.61 Å². The van der Waals surface area contributed by atoms with E-state index in [4.69, 9.17) is 4.74 Å². The standard InChI is InChI=1S/C24H24N2O3S/c1-18(27)4-5-19-6-10-22(11-7-19)29-16-24(28)26-21-8-12-23(13-9-21)30-17-20-3-2-14-25-15-20/h2-3,6-15H,4-5,16-17H2,1H3,(H,26,28). The molecule has 0 aliphatic rings. The minimum atomic E-state index is -0.216. The number of anilines is 1. The van der Waals surface area contributed by atoms with Gasteiger partial charge in [0.25, 0.3) is 5.91 Å². The number of carbonyl (C=O) groups excluding carboxylic acids is 2. The highest BCUT2D eigenvalue weighted by Gasteiger charge is 2.05. The molecule has 1 N–H and O–H groups in total. The van der Waals surface area contributed by atoms with E-state index >= 15 is 0 Å². The zero-order chi connectivity index (χ0) is 21.2. The Labute approximate surface area is 180 Å². The van der Waals surface area contributed by atoms with E-state index in [0.717, 1.165) is 21.9 Å². The molecule has 5 nitrogen and oxygen atoms in total. The van der Waals surface area contributed by atoms with Gasteiger partial charge >= 0.3 is 0 Å². The van der Waals surface area contributed by atoms with Gasteiger partial charge in [0.05, 0.1) is 0 Å². The number of nitrogens with zero attached hydrogens (tertiary/aromatic N) is 1. The van der Waals surface area contributed by atoms with Gasteiger partial charge in [-0.3, -0.25) is 9.78 Å². The fourth-order valence-electron chi connectivity index (χ4n) is 2.70. The highest BCUT2D eigenvalue weighted by Crippen LogP contribution is 2.24. The molecule has 3 aromatic rings. The Morgan fingerprint density at radius 2 is 1.77 bits per heavy atom. The van der Waals surface area contributed by atoms with Crippen LogP contribution in [0.15, 0.2) is 78.0 Å². The van der Waals surface area contributed by atoms with E-state index in [2.05, 4.69) is 10.3 Å². The Hall–Kier alpha value is -3.12. The van der Waals surface area contributed by atoms with Gasteiger partial charge in [-0.15, -0.1) is 11.8 Å². The number of amides is 1. The highest BCUT2D eigenvalue weighted by atomic mass is 32.2. The van der Waals surface area contributed by atoms with Crippen LogP contribution in [-0.2, 0) is 21.8 Å². The van der Waals surface area contributed by atoms with Crippen LogP contribution in [0.4, 0.5) is 5.69 Å². The van der Waals surface area contributed by atoms with Crippen molar-refractivity contribution in [1.82, 2.24) is 4.98 Å². The van der Waals surface area contributed by atoms with E-state index in [-0.39, 0.29) is 18.3 Å². The molecule has 0 aliphatic carbocycles. The molecule has 0 unspecified atom stereocenters. The van der Waals surface area contributed by atoms with Gasteiger partial charge < -0.3 is 14.8 Å². The molecule has 3 rings (SSSR count). The number of ether oxygens (including phenoxy) is 1. The van der Waals surface area contributed by atoms with E-state index < -0.39 is 0 Å². The normalized spacial score (nSPS) is 10.4. The van der Waals surface area contributed by atoms with Crippen molar-refractivity contribution >= 4 is 29.1 Å². The summed E-state index contributed by atoms with van der Waals surface area (Å²) in [5.74, 6) is 1.43. The number of benzene rings is 2. The topological polar surface area (TPSA) is 68.3 Å². The van der Waals surface area contributed by atoms with E-state index in [1.165, 1.54) is 5.56 Å². The monoisotopic (exact) mass is 420 g/mol. The van der Waals surface area contributed by atoms with Gasteiger partial charge in [-0.25, -0.2) is 0 Å². The second-order valence-corrected chi connectivity index (χ2v) is 7.91. The number of thioether (sulfide) groups is 1. The average molecular weight is 421 g/mol. The summed E-state index contributed by atoms with van der Waals surface area (Å²) in [6.45, 7) is 1.52. The summed E-state index contributed by atoms with van der Waals surface area (Å²) in [6.07, 6.45) is 4.87. The smallest absolute Gasteiger partial charge is 0.262 e. The molecule has 0 radical (unpaired) electrons. The predicted octanol–water partition coefficient (Wildman–Crippen LogP) is 4.91. The molecule has 1 heterocycles. The number of aromatic nitrogens is 1. The average Bonchev–Trinajstić information content (AvgIpc) is 2.77. The quantitative estimate of drug-likeness (QED) is 0.472. The fraction of sp³-hybridized carbons (Fsp3) is 0.208. The third-order valence-corrected chi connectivity index (χ3v) is 5.41. The Morgan fingerprint density at radius 1 is 1.00 bits per heavy atom. The van der Waals surface area contributed by atoms with Crippen LogP contribution < -0.4 is 10.1 Å². The molecule has 2 aromatic carbocycles. The van der Waals surface area contributed by atoms with Crippen LogP contribution >= 0.6 is 11.8 Å². The molecule has 0 aliphatic heterocycles. The Balaban J connectivity index is 1.41. The molecule has 0 spiro atoms. The van der Waals surface area contributed by atoms with Crippen LogP contribution in [0.1, 0.15) is 24.5 Å². The lowest BCUT2D eigenvalue weighted by Gasteiger charge is -2.09. The summed E-state index contributed by atoms with van der Waals surface area (Å²) in [4.78, 5) is 28.4. The van der Waals surface area contributed by atoms with Gasteiger partial charge in [-0.2, -0.15) is 0 Å². The molecule has 1 aromatic heterocycles. The third-order valence-electron chi connectivity index (χ3n) is 4.33. The molecular formula is C24H24N2O3S. The summed E-state index contributed by atoms with van der Waals surface area (Å²) < 4.78 is 5.54. The molecule has 1 amide bonds. The second kappa shape index (κ2) is 11.2. The molecule has 0 atom stereocenters. The summed E-state index contributed by atoms with van der Waals surface area (Å²) in [7, 11) is 0. The van der Waals surface area contributed by atoms with Crippen molar-refractivity contribution in [3.63, 3.8) is 0 Å². The van der Waals surface area contributed by atoms with E-state index in [1.54, 1.807) is 24.9 Å². The molecule has 6 heteroatoms. The van der Waals surface area contributed by atoms with Crippen LogP contribution in [0.25, 0.3) is 0 Å². The van der Waals surface area contributed by atoms with Crippen LogP contribution in [0.5, 0.6) is 5.75 Å². The number of hydrogen-bond donors (Lipinski definition) is 1. The lowest BCUT2D eigenvalue weighted by molar-refractivity contribution is -0.118. The van der Waals surface area contributed by atoms with Crippen LogP contribution in [0.3, 0.4) is 0 Å². The second-order valence-electron chi connectivity index (χ2n) is 6.86. The highest BCUT2D eigenvalue weighted by molar-refractivity contribution is 7.98. The summed E-state index contributed by atoms with van der Waals surface area (Å²) >= 11 is 1.72. The molecule has 0 saturated carbocycles. The van der Waals surface area contributed by atoms with Gasteiger partial charge in [0, 0.05) is 35.2 Å². The third kappa shape index (κ3) is 7.37. The van der Waals surface area contributed by atoms with Gasteiger partial charge in [-0.1, -0.05) is 18.2 Å². The zero-order valence-corrected chi connectivity index (χ0v) is 17.7. The minimum absolute atomic E-state index is 0.0652. The molecule has 30 heavy (non-hydrogen) atoms. The fourth-order valence-corrected chi connectivity index (χ4v) is 3.54. The van der Waals surface area contributed by atoms with E-state index in [1.807, 2.05) is 66.9 Å². The molecule has 0 fully saturated rings. The number of Topliss-reactive ketones (excluding diaryl/α,β-unsaturated/α-hetero) is 1. The lowest BCUT2D eigenvalue weighted by Crippen LogP contribution is -2.20. The lowest BCUT2D eigenvalue weighted by atomic mass is 10.1. The van der Waals surface area contributed by atoms with E-state index in [0.29, 0.717) is 18.6 Å². The van der Waals surface area contributed by atoms with Crippen molar-refractivity contribution < 1.29 is 14.3 Å². The number of hydrogen-bond acceptors (Lipinski definition) is 5. The van der Waals surface area contributed by atoms with Crippen molar-refractivity contribution in [3.05, 3.63) is 84.2 Å². The maximum Gasteiger partial charge on any atom is 0.262 e. The van der Waals surface area contributed by atoms with Crippen molar-refractivity contribution in [3.8, 4) is 5.75 Å². The zero-order valence-electron chi connectivity index (χ0n) is 16.8. The van der Waals surface area contributed by atoms with Crippen LogP contribution in [-0.4, -0.2) is 23.3 Å². The maximum atomic E-state index is 12.1. The molecule has 0 bridgehead atoms. The van der Waals surface area contributed by atoms with Crippen molar-refractivity contribution in [2.45, 2.75) is 30.4 Å². The minimum Gasteiger partial charge on any atom is -0.484 e. The summed E-state index contributed by atoms with van der Waals surface area (Å²) in [5.41, 5.74) is 2.97. The number of ketones is 1. The predicted molar refractivity (Wildman–Crippen MR) is 120 cm³/mol. The first-order valence-corrected chi connectivity index (χ1v) is 10.7. The first-order valence-electron chi connectivity index (χ1n) is 9.71. The Kier molecular flexibility index (Phi) is 8.03. The molecule has 0 saturated heterocycles. The molecule has 154 valence electrons. The van der Waals surface area contributed by atoms with Crippen LogP contribution in [0, 0.1) is 0 Å². The first kappa shape index (κ1) is 21.6. The van der Waals surface area contributed by atoms with Gasteiger partial charge in [-0.05, 0) is 66.9 Å². The van der Waals surface area contributed by atoms with Crippen molar-refractivity contribution in [2.75, 3.05) is 11.9 Å². The number of rotatable bonds is 10. The number of carbonyl (C=O) groups is 2. The summed E-state index contributed by atoms with van der Waals surface area (Å²) in [6, 6.07) is 19.2. The molecular weight excluding hydrogens is 396 g/mol. The maximum absolute atomic E-state index is 12.1. The van der Waals surface area contributed by atoms with Gasteiger partial charge in [0.2, 0.25) is 0 Å². The number of nitrogens with one attached hydrogen (secondary N) is 1. The Bertz CT molecular complexity index is 958. The number of aryl methyl sites for hydroxylation is 1. The number of pyridine rings is 1. The summed E-state index contributed by atoms with van der Waals surface area (Å²) in [5, 5.41) is 2.84. The van der Waals surface area contributed by atoms with Crippen molar-refractivity contribution in [2.24, 2.45) is 0 Å².